The fraction of sp³-hybridized carbons (Fsp3) is 0.261. The van der Waals surface area contributed by atoms with E-state index in [0.29, 0.717) is 47.5 Å². The van der Waals surface area contributed by atoms with E-state index in [2.05, 4.69) is 10.3 Å². The monoisotopic (exact) mass is 405 g/mol. The van der Waals surface area contributed by atoms with Gasteiger partial charge in [0.15, 0.2) is 0 Å². The number of ether oxygens (including phenoxy) is 1. The number of aryl methyl sites for hydroxylation is 1. The van der Waals surface area contributed by atoms with Crippen molar-refractivity contribution in [2.45, 2.75) is 25.8 Å². The summed E-state index contributed by atoms with van der Waals surface area (Å²) in [6, 6.07) is 13.7. The number of hydrogen-bond donors (Lipinski definition) is 2. The van der Waals surface area contributed by atoms with E-state index in [-0.39, 0.29) is 5.91 Å². The van der Waals surface area contributed by atoms with E-state index in [0.717, 1.165) is 5.52 Å². The summed E-state index contributed by atoms with van der Waals surface area (Å²) in [5.74, 6) is -0.843. The number of methoxy groups -OCH3 is 1. The third kappa shape index (κ3) is 3.54. The van der Waals surface area contributed by atoms with E-state index in [4.69, 9.17) is 4.74 Å². The van der Waals surface area contributed by atoms with E-state index in [1.54, 1.807) is 38.3 Å². The van der Waals surface area contributed by atoms with Gasteiger partial charge in [0, 0.05) is 28.8 Å². The minimum absolute atomic E-state index is 0.297. The summed E-state index contributed by atoms with van der Waals surface area (Å²) in [4.78, 5) is 43.5. The number of fused-ring (bicyclic) bond motifs is 1. The van der Waals surface area contributed by atoms with Crippen molar-refractivity contribution in [1.82, 2.24) is 9.88 Å². The highest BCUT2D eigenvalue weighted by Gasteiger charge is 2.38. The molecule has 1 aromatic heterocycles. The number of amides is 2. The molecular formula is C23H23N3O4. The van der Waals surface area contributed by atoms with Gasteiger partial charge in [-0.05, 0) is 50.1 Å². The molecule has 2 heterocycles. The van der Waals surface area contributed by atoms with Crippen LogP contribution in [0.25, 0.3) is 10.9 Å². The molecule has 7 heteroatoms. The highest BCUT2D eigenvalue weighted by molar-refractivity contribution is 6.45. The van der Waals surface area contributed by atoms with Crippen molar-refractivity contribution in [3.63, 3.8) is 0 Å². The number of benzene rings is 2. The molecule has 30 heavy (non-hydrogen) atoms. The highest BCUT2D eigenvalue weighted by atomic mass is 16.5. The normalized spacial score (nSPS) is 15.9. The number of rotatable bonds is 5. The zero-order chi connectivity index (χ0) is 21.3. The predicted octanol–water partition coefficient (Wildman–Crippen LogP) is 3.30. The average Bonchev–Trinajstić information content (AvgIpc) is 3.37. The Morgan fingerprint density at radius 1 is 1.10 bits per heavy atom. The fourth-order valence-electron chi connectivity index (χ4n) is 3.99. The number of carbonyl (C=O) groups is 3. The Bertz CT molecular complexity index is 1120. The van der Waals surface area contributed by atoms with Crippen LogP contribution in [0.3, 0.4) is 0 Å². The van der Waals surface area contributed by atoms with Crippen molar-refractivity contribution in [3.8, 4) is 5.75 Å². The van der Waals surface area contributed by atoms with Gasteiger partial charge in [-0.3, -0.25) is 14.4 Å². The first-order valence-corrected chi connectivity index (χ1v) is 9.87. The van der Waals surface area contributed by atoms with Gasteiger partial charge in [-0.15, -0.1) is 0 Å². The number of hydrogen-bond acceptors (Lipinski definition) is 4. The molecule has 0 radical (unpaired) electrons. The largest absolute Gasteiger partial charge is 0.497 e. The standard InChI is InChI=1S/C23H23N3O4/c1-14-20(17-6-3-4-7-18(17)24-14)21(27)23(29)26-13-5-8-19(26)22(28)25-15-9-11-16(30-2)12-10-15/h3-4,6-7,9-12,19,24H,5,8,13H2,1-2H3,(H,25,28). The number of aromatic amines is 1. The van der Waals surface area contributed by atoms with Gasteiger partial charge < -0.3 is 19.9 Å². The van der Waals surface area contributed by atoms with Gasteiger partial charge in [-0.1, -0.05) is 18.2 Å². The molecule has 4 rings (SSSR count). The lowest BCUT2D eigenvalue weighted by molar-refractivity contribution is -0.132. The van der Waals surface area contributed by atoms with E-state index in [1.165, 1.54) is 4.90 Å². The van der Waals surface area contributed by atoms with Crippen LogP contribution in [0, 0.1) is 6.92 Å². The summed E-state index contributed by atoms with van der Waals surface area (Å²) in [5, 5.41) is 3.54. The zero-order valence-corrected chi connectivity index (χ0v) is 16.9. The van der Waals surface area contributed by atoms with Crippen LogP contribution in [0.15, 0.2) is 48.5 Å². The van der Waals surface area contributed by atoms with Crippen molar-refractivity contribution in [3.05, 3.63) is 59.8 Å². The number of carbonyl (C=O) groups excluding carboxylic acids is 3. The van der Waals surface area contributed by atoms with Gasteiger partial charge in [0.1, 0.15) is 11.8 Å². The van der Waals surface area contributed by atoms with Gasteiger partial charge in [0.2, 0.25) is 5.91 Å². The fourth-order valence-corrected chi connectivity index (χ4v) is 3.99. The number of para-hydroxylation sites is 1. The Kier molecular flexibility index (Phi) is 5.27. The third-order valence-corrected chi connectivity index (χ3v) is 5.49. The molecule has 2 N–H and O–H groups in total. The molecule has 0 aliphatic carbocycles. The average molecular weight is 405 g/mol. The summed E-state index contributed by atoms with van der Waals surface area (Å²) in [6.07, 6.45) is 1.19. The maximum absolute atomic E-state index is 13.1. The van der Waals surface area contributed by atoms with E-state index in [1.807, 2.05) is 24.3 Å². The molecule has 0 bridgehead atoms. The summed E-state index contributed by atoms with van der Waals surface area (Å²) in [6.45, 7) is 2.16. The molecule has 3 aromatic rings. The molecule has 7 nitrogen and oxygen atoms in total. The lowest BCUT2D eigenvalue weighted by Crippen LogP contribution is -2.46. The quantitative estimate of drug-likeness (QED) is 0.503. The second-order valence-corrected chi connectivity index (χ2v) is 7.37. The van der Waals surface area contributed by atoms with Crippen molar-refractivity contribution < 1.29 is 19.1 Å². The Morgan fingerprint density at radius 2 is 1.83 bits per heavy atom. The number of Topliss-reactive ketones (excluding diaryl/α,β-unsaturated/α-hetero) is 1. The second kappa shape index (κ2) is 8.02. The molecule has 2 amide bonds. The molecule has 2 aromatic carbocycles. The van der Waals surface area contributed by atoms with E-state index in [9.17, 15) is 14.4 Å². The smallest absolute Gasteiger partial charge is 0.295 e. The molecule has 1 aliphatic heterocycles. The van der Waals surface area contributed by atoms with Crippen molar-refractivity contribution in [2.75, 3.05) is 19.0 Å². The number of likely N-dealkylation sites (tertiary alicyclic amines) is 1. The number of aromatic nitrogens is 1. The lowest BCUT2D eigenvalue weighted by atomic mass is 10.1. The van der Waals surface area contributed by atoms with Crippen LogP contribution in [0.5, 0.6) is 5.75 Å². The first-order valence-electron chi connectivity index (χ1n) is 9.87. The molecule has 1 fully saturated rings. The van der Waals surface area contributed by atoms with Crippen LogP contribution in [-0.4, -0.2) is 47.2 Å². The van der Waals surface area contributed by atoms with Gasteiger partial charge in [0.05, 0.1) is 12.7 Å². The number of ketones is 1. The van der Waals surface area contributed by atoms with Gasteiger partial charge in [0.25, 0.3) is 11.7 Å². The molecule has 1 saturated heterocycles. The van der Waals surface area contributed by atoms with Crippen LogP contribution in [0.4, 0.5) is 5.69 Å². The molecule has 1 atom stereocenters. The van der Waals surface area contributed by atoms with Gasteiger partial charge in [-0.25, -0.2) is 0 Å². The summed E-state index contributed by atoms with van der Waals surface area (Å²) in [7, 11) is 1.57. The predicted molar refractivity (Wildman–Crippen MR) is 114 cm³/mol. The van der Waals surface area contributed by atoms with Crippen LogP contribution in [0.1, 0.15) is 28.9 Å². The maximum atomic E-state index is 13.1. The summed E-state index contributed by atoms with van der Waals surface area (Å²) >= 11 is 0. The van der Waals surface area contributed by atoms with Crippen LogP contribution >= 0.6 is 0 Å². The van der Waals surface area contributed by atoms with Gasteiger partial charge >= 0.3 is 0 Å². The SMILES string of the molecule is COc1ccc(NC(=O)C2CCCN2C(=O)C(=O)c2c(C)[nH]c3ccccc23)cc1. The Balaban J connectivity index is 1.53. The minimum atomic E-state index is -0.672. The first-order chi connectivity index (χ1) is 14.5. The number of nitrogens with one attached hydrogen (secondary N) is 2. The van der Waals surface area contributed by atoms with Crippen molar-refractivity contribution in [1.29, 1.82) is 0 Å². The Morgan fingerprint density at radius 3 is 2.57 bits per heavy atom. The summed E-state index contributed by atoms with van der Waals surface area (Å²) in [5.41, 5.74) is 2.44. The molecule has 1 aliphatic rings. The number of nitrogens with zero attached hydrogens (tertiary/aromatic N) is 1. The molecular weight excluding hydrogens is 382 g/mol. The first kappa shape index (κ1) is 19.7. The lowest BCUT2D eigenvalue weighted by Gasteiger charge is -2.23. The maximum Gasteiger partial charge on any atom is 0.295 e. The number of H-pyrrole nitrogens is 1. The Labute approximate surface area is 174 Å². The molecule has 1 unspecified atom stereocenters. The van der Waals surface area contributed by atoms with Crippen LogP contribution in [0.2, 0.25) is 0 Å². The molecule has 154 valence electrons. The third-order valence-electron chi connectivity index (χ3n) is 5.49. The highest BCUT2D eigenvalue weighted by Crippen LogP contribution is 2.26. The summed E-state index contributed by atoms with van der Waals surface area (Å²) < 4.78 is 5.12. The van der Waals surface area contributed by atoms with Crippen molar-refractivity contribution >= 4 is 34.2 Å². The molecule has 0 saturated carbocycles. The topological polar surface area (TPSA) is 91.5 Å². The van der Waals surface area contributed by atoms with E-state index >= 15 is 0 Å². The molecule has 0 spiro atoms. The van der Waals surface area contributed by atoms with Crippen molar-refractivity contribution in [2.24, 2.45) is 0 Å². The Hall–Kier alpha value is -3.61. The minimum Gasteiger partial charge on any atom is -0.497 e. The van der Waals surface area contributed by atoms with E-state index < -0.39 is 17.7 Å². The second-order valence-electron chi connectivity index (χ2n) is 7.37. The van der Waals surface area contributed by atoms with Crippen LogP contribution in [-0.2, 0) is 9.59 Å². The zero-order valence-electron chi connectivity index (χ0n) is 16.9. The number of anilines is 1. The van der Waals surface area contributed by atoms with Gasteiger partial charge in [-0.2, -0.15) is 0 Å². The van der Waals surface area contributed by atoms with Crippen LogP contribution < -0.4 is 10.1 Å².